The van der Waals surface area contributed by atoms with Gasteiger partial charge in [-0.1, -0.05) is 17.7 Å². The van der Waals surface area contributed by atoms with Crippen LogP contribution in [0.1, 0.15) is 34.2 Å². The van der Waals surface area contributed by atoms with Gasteiger partial charge in [0, 0.05) is 22.1 Å². The molecule has 1 aliphatic rings. The highest BCUT2D eigenvalue weighted by Gasteiger charge is 2.24. The van der Waals surface area contributed by atoms with Gasteiger partial charge >= 0.3 is 5.97 Å². The molecule has 0 unspecified atom stereocenters. The molecular weight excluding hydrogens is 458 g/mol. The van der Waals surface area contributed by atoms with E-state index in [1.165, 1.54) is 11.8 Å². The number of amides is 1. The second-order valence-corrected chi connectivity index (χ2v) is 8.86. The molecule has 1 N–H and O–H groups in total. The highest BCUT2D eigenvalue weighted by molar-refractivity contribution is 8.18. The summed E-state index contributed by atoms with van der Waals surface area (Å²) >= 11 is 7.31. The van der Waals surface area contributed by atoms with Crippen molar-refractivity contribution in [1.82, 2.24) is 9.88 Å². The molecule has 3 aromatic rings. The van der Waals surface area contributed by atoms with Gasteiger partial charge in [-0.05, 0) is 92.7 Å². The first-order chi connectivity index (χ1) is 15.9. The van der Waals surface area contributed by atoms with E-state index in [1.807, 2.05) is 50.3 Å². The Morgan fingerprint density at radius 2 is 1.94 bits per heavy atom. The molecule has 0 spiro atoms. The Hall–Kier alpha value is -3.29. The molecule has 0 atom stereocenters. The molecular formula is C25H22ClN3O3S. The number of halogens is 1. The van der Waals surface area contributed by atoms with Gasteiger partial charge in [-0.2, -0.15) is 0 Å². The minimum absolute atomic E-state index is 0.190. The molecule has 1 aromatic heterocycles. The van der Waals surface area contributed by atoms with E-state index in [9.17, 15) is 9.59 Å². The Morgan fingerprint density at radius 3 is 2.64 bits per heavy atom. The summed E-state index contributed by atoms with van der Waals surface area (Å²) in [5.41, 5.74) is 5.04. The van der Waals surface area contributed by atoms with E-state index in [1.54, 1.807) is 31.2 Å². The number of aromatic nitrogens is 1. The minimum Gasteiger partial charge on any atom is -0.462 e. The molecule has 1 amide bonds. The smallest absolute Gasteiger partial charge is 0.338 e. The molecule has 4 rings (SSSR count). The first-order valence-electron chi connectivity index (χ1n) is 10.4. The Balaban J connectivity index is 1.59. The number of thioether (sulfide) groups is 1. The average molecular weight is 480 g/mol. The van der Waals surface area contributed by atoms with E-state index in [4.69, 9.17) is 16.3 Å². The average Bonchev–Trinajstić information content (AvgIpc) is 3.26. The molecule has 168 valence electrons. The highest BCUT2D eigenvalue weighted by atomic mass is 35.5. The summed E-state index contributed by atoms with van der Waals surface area (Å²) in [7, 11) is 0. The van der Waals surface area contributed by atoms with Crippen LogP contribution in [0.4, 0.5) is 5.69 Å². The number of carbonyl (C=O) groups is 2. The molecule has 0 saturated carbocycles. The Kier molecular flexibility index (Phi) is 6.72. The Bertz CT molecular complexity index is 1290. The van der Waals surface area contributed by atoms with Crippen LogP contribution >= 0.6 is 23.4 Å². The normalized spacial score (nSPS) is 15.8. The van der Waals surface area contributed by atoms with Crippen LogP contribution in [0.25, 0.3) is 11.8 Å². The van der Waals surface area contributed by atoms with Crippen molar-refractivity contribution in [3.8, 4) is 5.69 Å². The monoisotopic (exact) mass is 479 g/mol. The highest BCUT2D eigenvalue weighted by Crippen LogP contribution is 2.31. The third kappa shape index (κ3) is 5.05. The first-order valence-corrected chi connectivity index (χ1v) is 11.6. The lowest BCUT2D eigenvalue weighted by Crippen LogP contribution is -2.19. The van der Waals surface area contributed by atoms with Crippen molar-refractivity contribution in [1.29, 1.82) is 0 Å². The predicted octanol–water partition coefficient (Wildman–Crippen LogP) is 5.82. The maximum atomic E-state index is 12.5. The van der Waals surface area contributed by atoms with E-state index in [-0.39, 0.29) is 11.9 Å². The van der Waals surface area contributed by atoms with Gasteiger partial charge in [0.25, 0.3) is 5.91 Å². The van der Waals surface area contributed by atoms with Crippen molar-refractivity contribution in [3.63, 3.8) is 0 Å². The second-order valence-electron chi connectivity index (χ2n) is 7.39. The largest absolute Gasteiger partial charge is 0.462 e. The SMILES string of the molecule is CCOC(=O)c1ccc(-n2c(C)cc(/C=C3\SC(=Nc4cccc(Cl)c4)NC3=O)c2C)cc1. The quantitative estimate of drug-likeness (QED) is 0.370. The summed E-state index contributed by atoms with van der Waals surface area (Å²) in [5.74, 6) is -0.528. The summed E-state index contributed by atoms with van der Waals surface area (Å²) < 4.78 is 7.13. The van der Waals surface area contributed by atoms with Crippen molar-refractivity contribution >= 4 is 52.2 Å². The van der Waals surface area contributed by atoms with Crippen molar-refractivity contribution < 1.29 is 14.3 Å². The number of benzene rings is 2. The predicted molar refractivity (Wildman–Crippen MR) is 133 cm³/mol. The summed E-state index contributed by atoms with van der Waals surface area (Å²) in [4.78, 5) is 29.5. The molecule has 0 bridgehead atoms. The van der Waals surface area contributed by atoms with Gasteiger partial charge in [0.05, 0.1) is 22.8 Å². The van der Waals surface area contributed by atoms with Crippen molar-refractivity contribution in [2.24, 2.45) is 4.99 Å². The van der Waals surface area contributed by atoms with Crippen molar-refractivity contribution in [3.05, 3.63) is 87.0 Å². The van der Waals surface area contributed by atoms with E-state index in [2.05, 4.69) is 14.9 Å². The number of aryl methyl sites for hydroxylation is 1. The zero-order valence-corrected chi connectivity index (χ0v) is 20.0. The van der Waals surface area contributed by atoms with Crippen LogP contribution in [0, 0.1) is 13.8 Å². The number of nitrogens with zero attached hydrogens (tertiary/aromatic N) is 2. The van der Waals surface area contributed by atoms with Crippen molar-refractivity contribution in [2.45, 2.75) is 20.8 Å². The fraction of sp³-hybridized carbons (Fsp3) is 0.160. The molecule has 2 heterocycles. The van der Waals surface area contributed by atoms with Crippen molar-refractivity contribution in [2.75, 3.05) is 6.61 Å². The van der Waals surface area contributed by atoms with Gasteiger partial charge < -0.3 is 14.6 Å². The van der Waals surface area contributed by atoms with E-state index >= 15 is 0 Å². The Labute approximate surface area is 201 Å². The van der Waals surface area contributed by atoms with Gasteiger partial charge in [-0.15, -0.1) is 0 Å². The summed E-state index contributed by atoms with van der Waals surface area (Å²) in [6, 6.07) is 16.5. The van der Waals surface area contributed by atoms with Gasteiger partial charge in [-0.25, -0.2) is 9.79 Å². The van der Waals surface area contributed by atoms with Crippen LogP contribution < -0.4 is 5.32 Å². The van der Waals surface area contributed by atoms with Crippen LogP contribution in [-0.2, 0) is 9.53 Å². The molecule has 8 heteroatoms. The summed E-state index contributed by atoms with van der Waals surface area (Å²) in [6.45, 7) is 6.12. The molecule has 1 saturated heterocycles. The maximum Gasteiger partial charge on any atom is 0.338 e. The fourth-order valence-electron chi connectivity index (χ4n) is 3.58. The van der Waals surface area contributed by atoms with Gasteiger partial charge in [0.2, 0.25) is 0 Å². The number of nitrogens with one attached hydrogen (secondary N) is 1. The first kappa shape index (κ1) is 22.9. The second kappa shape index (κ2) is 9.68. The van der Waals surface area contributed by atoms with Gasteiger partial charge in [-0.3, -0.25) is 4.79 Å². The minimum atomic E-state index is -0.338. The lowest BCUT2D eigenvalue weighted by Gasteiger charge is -2.10. The number of esters is 1. The van der Waals surface area contributed by atoms with Crippen LogP contribution in [0.2, 0.25) is 5.02 Å². The van der Waals surface area contributed by atoms with E-state index in [0.717, 1.165) is 22.6 Å². The summed E-state index contributed by atoms with van der Waals surface area (Å²) in [5, 5.41) is 3.90. The number of amidine groups is 1. The lowest BCUT2D eigenvalue weighted by molar-refractivity contribution is -0.115. The zero-order valence-electron chi connectivity index (χ0n) is 18.4. The van der Waals surface area contributed by atoms with Crippen LogP contribution in [0.5, 0.6) is 0 Å². The third-order valence-electron chi connectivity index (χ3n) is 5.08. The van der Waals surface area contributed by atoms with Crippen LogP contribution in [-0.4, -0.2) is 28.2 Å². The number of ether oxygens (including phenoxy) is 1. The molecule has 1 fully saturated rings. The lowest BCUT2D eigenvalue weighted by atomic mass is 10.2. The molecule has 0 radical (unpaired) electrons. The van der Waals surface area contributed by atoms with E-state index in [0.29, 0.717) is 33.0 Å². The maximum absolute atomic E-state index is 12.5. The topological polar surface area (TPSA) is 72.7 Å². The molecule has 0 aliphatic carbocycles. The molecule has 33 heavy (non-hydrogen) atoms. The molecule has 1 aliphatic heterocycles. The zero-order chi connectivity index (χ0) is 23.5. The Morgan fingerprint density at radius 1 is 1.18 bits per heavy atom. The molecule has 2 aromatic carbocycles. The summed E-state index contributed by atoms with van der Waals surface area (Å²) in [6.07, 6.45) is 1.87. The van der Waals surface area contributed by atoms with Crippen LogP contribution in [0.15, 0.2) is 64.5 Å². The standard InChI is InChI=1S/C25H22ClN3O3S/c1-4-32-24(31)17-8-10-21(11-9-17)29-15(2)12-18(16(29)3)13-22-23(30)28-25(33-22)27-20-7-5-6-19(26)14-20/h5-14H,4H2,1-3H3,(H,27,28,30)/b22-13-. The van der Waals surface area contributed by atoms with Gasteiger partial charge in [0.1, 0.15) is 0 Å². The van der Waals surface area contributed by atoms with E-state index < -0.39 is 0 Å². The number of hydrogen-bond donors (Lipinski definition) is 1. The fourth-order valence-corrected chi connectivity index (χ4v) is 4.59. The number of carbonyl (C=O) groups excluding carboxylic acids is 2. The number of hydrogen-bond acceptors (Lipinski definition) is 5. The van der Waals surface area contributed by atoms with Gasteiger partial charge in [0.15, 0.2) is 5.17 Å². The van der Waals surface area contributed by atoms with Crippen LogP contribution in [0.3, 0.4) is 0 Å². The third-order valence-corrected chi connectivity index (χ3v) is 6.23. The number of rotatable bonds is 5. The number of aliphatic imine (C=N–C) groups is 1. The molecule has 6 nitrogen and oxygen atoms in total.